The maximum Gasteiger partial charge on any atom is 0.262 e. The highest BCUT2D eigenvalue weighted by Gasteiger charge is 2.45. The summed E-state index contributed by atoms with van der Waals surface area (Å²) in [6, 6.07) is 9.83. The minimum atomic E-state index is -0.989. The van der Waals surface area contributed by atoms with E-state index in [1.807, 2.05) is 29.1 Å². The number of hydrogen-bond donors (Lipinski definition) is 2. The van der Waals surface area contributed by atoms with Gasteiger partial charge in [-0.25, -0.2) is 9.50 Å². The van der Waals surface area contributed by atoms with Crippen LogP contribution in [0.4, 0.5) is 11.4 Å². The van der Waals surface area contributed by atoms with Crippen molar-refractivity contribution in [2.24, 2.45) is 0 Å². The molecule has 2 saturated heterocycles. The van der Waals surface area contributed by atoms with Gasteiger partial charge in [0.15, 0.2) is 5.65 Å². The Hall–Kier alpha value is -6.16. The third kappa shape index (κ3) is 5.74. The van der Waals surface area contributed by atoms with E-state index in [0.717, 1.165) is 47.2 Å². The zero-order valence-electron chi connectivity index (χ0n) is 28.7. The molecule has 0 spiro atoms. The first kappa shape index (κ1) is 32.7. The average molecular weight is 718 g/mol. The summed E-state index contributed by atoms with van der Waals surface area (Å²) < 4.78 is 15.6. The molecule has 0 radical (unpaired) electrons. The van der Waals surface area contributed by atoms with Crippen molar-refractivity contribution in [1.82, 2.24) is 34.6 Å². The van der Waals surface area contributed by atoms with Gasteiger partial charge in [-0.05, 0) is 62.4 Å². The molecule has 0 bridgehead atoms. The largest absolute Gasteiger partial charge is 0.494 e. The van der Waals surface area contributed by atoms with Gasteiger partial charge in [0.1, 0.15) is 17.4 Å². The number of anilines is 2. The lowest BCUT2D eigenvalue weighted by molar-refractivity contribution is -0.136. The van der Waals surface area contributed by atoms with Crippen molar-refractivity contribution < 1.29 is 33.4 Å². The lowest BCUT2D eigenvalue weighted by Gasteiger charge is -2.43. The first-order chi connectivity index (χ1) is 25.7. The van der Waals surface area contributed by atoms with Crippen LogP contribution < -0.4 is 20.3 Å². The maximum absolute atomic E-state index is 13.2. The maximum atomic E-state index is 13.2. The van der Waals surface area contributed by atoms with Gasteiger partial charge in [-0.2, -0.15) is 10.2 Å². The predicted octanol–water partition coefficient (Wildman–Crippen LogP) is 3.13. The van der Waals surface area contributed by atoms with Crippen LogP contribution in [0.15, 0.2) is 61.2 Å². The van der Waals surface area contributed by atoms with E-state index in [1.165, 1.54) is 6.20 Å². The molecular formula is C37H35N9O7. The number of imide groups is 2. The van der Waals surface area contributed by atoms with Crippen molar-refractivity contribution in [2.75, 3.05) is 30.4 Å². The number of amides is 5. The smallest absolute Gasteiger partial charge is 0.262 e. The van der Waals surface area contributed by atoms with E-state index in [4.69, 9.17) is 14.6 Å². The summed E-state index contributed by atoms with van der Waals surface area (Å²) >= 11 is 0. The summed E-state index contributed by atoms with van der Waals surface area (Å²) in [4.78, 5) is 70.8. The van der Waals surface area contributed by atoms with Crippen LogP contribution in [0.3, 0.4) is 0 Å². The summed E-state index contributed by atoms with van der Waals surface area (Å²) in [6.07, 6.45) is 10.8. The lowest BCUT2D eigenvalue weighted by Crippen LogP contribution is -2.54. The number of piperidine rings is 1. The number of carbonyl (C=O) groups is 5. The topological polar surface area (TPSA) is 182 Å². The highest BCUT2D eigenvalue weighted by atomic mass is 16.5. The van der Waals surface area contributed by atoms with E-state index >= 15 is 0 Å². The minimum Gasteiger partial charge on any atom is -0.494 e. The van der Waals surface area contributed by atoms with E-state index in [-0.39, 0.29) is 48.1 Å². The fourth-order valence-electron chi connectivity index (χ4n) is 7.81. The zero-order valence-corrected chi connectivity index (χ0v) is 28.7. The van der Waals surface area contributed by atoms with Crippen molar-refractivity contribution in [3.05, 3.63) is 77.9 Å². The number of fused-ring (bicyclic) bond motifs is 3. The highest BCUT2D eigenvalue weighted by molar-refractivity contribution is 6.23. The SMILES string of the molecule is COc1cc2nn(C3CCC(OC4CN(c5ccc6c(c5)C(=O)N(C5CCC(=O)NC5=O)C6=O)C4)CC3)cc2cc1NC(=O)c1cnn2cccnc12. The summed E-state index contributed by atoms with van der Waals surface area (Å²) in [5, 5.41) is 15.1. The molecule has 53 heavy (non-hydrogen) atoms. The fraction of sp³-hybridized carbons (Fsp3) is 0.351. The molecule has 16 nitrogen and oxygen atoms in total. The van der Waals surface area contributed by atoms with Gasteiger partial charge < -0.3 is 19.7 Å². The van der Waals surface area contributed by atoms with Crippen LogP contribution in [-0.4, -0.2) is 97.3 Å². The van der Waals surface area contributed by atoms with Crippen LogP contribution in [0.25, 0.3) is 16.6 Å². The number of hydrogen-bond acceptors (Lipinski definition) is 11. The summed E-state index contributed by atoms with van der Waals surface area (Å²) in [5.41, 5.74) is 3.47. The van der Waals surface area contributed by atoms with Crippen molar-refractivity contribution in [2.45, 2.75) is 62.8 Å². The Morgan fingerprint density at radius 3 is 2.57 bits per heavy atom. The number of rotatable bonds is 8. The molecule has 16 heteroatoms. The molecule has 1 aliphatic carbocycles. The van der Waals surface area contributed by atoms with Gasteiger partial charge in [0.05, 0.1) is 53.9 Å². The van der Waals surface area contributed by atoms with E-state index in [9.17, 15) is 24.0 Å². The number of methoxy groups -OCH3 is 1. The molecule has 9 rings (SSSR count). The molecule has 6 heterocycles. The molecule has 5 aromatic rings. The monoisotopic (exact) mass is 717 g/mol. The number of benzene rings is 2. The highest BCUT2D eigenvalue weighted by Crippen LogP contribution is 2.36. The van der Waals surface area contributed by atoms with Gasteiger partial charge in [0, 0.05) is 55.2 Å². The molecule has 5 amide bonds. The van der Waals surface area contributed by atoms with Crippen LogP contribution in [0, 0.1) is 0 Å². The van der Waals surface area contributed by atoms with E-state index in [0.29, 0.717) is 35.7 Å². The van der Waals surface area contributed by atoms with E-state index in [2.05, 4.69) is 25.6 Å². The van der Waals surface area contributed by atoms with Crippen LogP contribution in [0.5, 0.6) is 5.75 Å². The predicted molar refractivity (Wildman–Crippen MR) is 189 cm³/mol. The first-order valence-corrected chi connectivity index (χ1v) is 17.7. The Morgan fingerprint density at radius 1 is 0.962 bits per heavy atom. The van der Waals surface area contributed by atoms with Crippen molar-refractivity contribution in [1.29, 1.82) is 0 Å². The number of ether oxygens (including phenoxy) is 2. The van der Waals surface area contributed by atoms with Gasteiger partial charge in [0.25, 0.3) is 17.7 Å². The quantitative estimate of drug-likeness (QED) is 0.225. The molecule has 2 aromatic carbocycles. The van der Waals surface area contributed by atoms with Crippen LogP contribution in [0.2, 0.25) is 0 Å². The Bertz CT molecular complexity index is 2340. The summed E-state index contributed by atoms with van der Waals surface area (Å²) in [5.74, 6) is -1.89. The Labute approximate surface area is 302 Å². The van der Waals surface area contributed by atoms with Crippen molar-refractivity contribution in [3.8, 4) is 5.75 Å². The molecule has 3 aliphatic heterocycles. The van der Waals surface area contributed by atoms with E-state index < -0.39 is 29.7 Å². The van der Waals surface area contributed by atoms with Gasteiger partial charge in [-0.3, -0.25) is 38.9 Å². The summed E-state index contributed by atoms with van der Waals surface area (Å²) in [7, 11) is 1.56. The second-order valence-corrected chi connectivity index (χ2v) is 13.9. The average Bonchev–Trinajstić information content (AvgIpc) is 3.83. The second kappa shape index (κ2) is 12.8. The van der Waals surface area contributed by atoms with E-state index in [1.54, 1.807) is 42.2 Å². The third-order valence-corrected chi connectivity index (χ3v) is 10.7. The molecule has 1 saturated carbocycles. The molecule has 1 atom stereocenters. The fourth-order valence-corrected chi connectivity index (χ4v) is 7.81. The van der Waals surface area contributed by atoms with Gasteiger partial charge in [-0.15, -0.1) is 0 Å². The molecule has 3 fully saturated rings. The summed E-state index contributed by atoms with van der Waals surface area (Å²) in [6.45, 7) is 1.33. The molecule has 2 N–H and O–H groups in total. The standard InChI is InChI=1S/C37H35N9O7/c1-52-31-15-28-20(13-29(31)40-34(48)27-16-39-44-12-2-11-38-33(27)44)17-45(42-28)21-3-6-23(7-4-21)53-24-18-43(19-24)22-5-8-25-26(14-22)37(51)46(36(25)50)30-9-10-32(47)41-35(30)49/h2,5,8,11-17,21,23-24,30H,3-4,6-7,9-10,18-19H2,1H3,(H,40,48)(H,41,47,49). The molecule has 4 aliphatic rings. The van der Waals surface area contributed by atoms with Crippen LogP contribution in [-0.2, 0) is 14.3 Å². The lowest BCUT2D eigenvalue weighted by atomic mass is 9.92. The van der Waals surface area contributed by atoms with Gasteiger partial charge in [0.2, 0.25) is 11.8 Å². The van der Waals surface area contributed by atoms with Crippen LogP contribution in [0.1, 0.15) is 75.6 Å². The van der Waals surface area contributed by atoms with Gasteiger partial charge >= 0.3 is 0 Å². The third-order valence-electron chi connectivity index (χ3n) is 10.7. The zero-order chi connectivity index (χ0) is 36.4. The first-order valence-electron chi connectivity index (χ1n) is 17.7. The molecule has 1 unspecified atom stereocenters. The minimum absolute atomic E-state index is 0.0482. The molecular weight excluding hydrogens is 682 g/mol. The van der Waals surface area contributed by atoms with Crippen molar-refractivity contribution >= 4 is 57.5 Å². The molecule has 270 valence electrons. The number of nitrogens with one attached hydrogen (secondary N) is 2. The Kier molecular flexibility index (Phi) is 7.91. The molecule has 3 aromatic heterocycles. The Balaban J connectivity index is 0.794. The second-order valence-electron chi connectivity index (χ2n) is 13.9. The normalized spacial score (nSPS) is 21.9. The number of carbonyl (C=O) groups excluding carboxylic acids is 5. The number of nitrogens with zero attached hydrogens (tertiary/aromatic N) is 7. The Morgan fingerprint density at radius 2 is 1.77 bits per heavy atom. The van der Waals surface area contributed by atoms with Crippen LogP contribution >= 0.6 is 0 Å². The van der Waals surface area contributed by atoms with Gasteiger partial charge in [-0.1, -0.05) is 0 Å². The van der Waals surface area contributed by atoms with Crippen molar-refractivity contribution in [3.63, 3.8) is 0 Å². The number of aromatic nitrogens is 5.